The van der Waals surface area contributed by atoms with Gasteiger partial charge in [-0.3, -0.25) is 9.69 Å². The van der Waals surface area contributed by atoms with Gasteiger partial charge in [0.2, 0.25) is 5.91 Å². The maximum absolute atomic E-state index is 12.4. The monoisotopic (exact) mass is 311 g/mol. The highest BCUT2D eigenvalue weighted by Gasteiger charge is 2.21. The van der Waals surface area contributed by atoms with E-state index >= 15 is 0 Å². The fourth-order valence-electron chi connectivity index (χ4n) is 2.13. The lowest BCUT2D eigenvalue weighted by Gasteiger charge is -2.29. The van der Waals surface area contributed by atoms with Gasteiger partial charge in [0.15, 0.2) is 0 Å². The summed E-state index contributed by atoms with van der Waals surface area (Å²) in [4.78, 5) is 14.6. The molecule has 0 bridgehead atoms. The van der Waals surface area contributed by atoms with E-state index in [1.54, 1.807) is 18.2 Å². The van der Waals surface area contributed by atoms with E-state index in [2.05, 4.69) is 31.0 Å². The number of halogens is 1. The van der Waals surface area contributed by atoms with Crippen LogP contribution in [0.4, 0.5) is 11.4 Å². The number of carbonyl (C=O) groups is 1. The lowest BCUT2D eigenvalue weighted by atomic mass is 10.1. The van der Waals surface area contributed by atoms with E-state index in [1.165, 1.54) is 0 Å². The van der Waals surface area contributed by atoms with Crippen molar-refractivity contribution in [2.45, 2.75) is 40.2 Å². The van der Waals surface area contributed by atoms with E-state index in [4.69, 9.17) is 17.3 Å². The number of likely N-dealkylation sites (N-methyl/N-ethyl adjacent to an activating group) is 1. The second-order valence-corrected chi connectivity index (χ2v) is 5.91. The van der Waals surface area contributed by atoms with E-state index in [0.717, 1.165) is 19.5 Å². The van der Waals surface area contributed by atoms with Crippen LogP contribution in [0.15, 0.2) is 18.2 Å². The summed E-state index contributed by atoms with van der Waals surface area (Å²) < 4.78 is 0. The van der Waals surface area contributed by atoms with Gasteiger partial charge in [0, 0.05) is 12.2 Å². The summed E-state index contributed by atoms with van der Waals surface area (Å²) in [6.45, 7) is 10.1. The molecular formula is C16H26ClN3O. The Bertz CT molecular complexity index is 479. The van der Waals surface area contributed by atoms with Crippen LogP contribution in [-0.2, 0) is 4.79 Å². The SMILES string of the molecule is CCC(C)CN(CC)C(C)C(=O)Nc1ccc(N)cc1Cl. The molecule has 0 aliphatic heterocycles. The summed E-state index contributed by atoms with van der Waals surface area (Å²) in [6.07, 6.45) is 1.11. The van der Waals surface area contributed by atoms with Crippen LogP contribution in [0.3, 0.4) is 0 Å². The molecule has 5 heteroatoms. The highest BCUT2D eigenvalue weighted by atomic mass is 35.5. The molecular weight excluding hydrogens is 286 g/mol. The fraction of sp³-hybridized carbons (Fsp3) is 0.562. The number of nitrogens with two attached hydrogens (primary N) is 1. The maximum Gasteiger partial charge on any atom is 0.241 e. The molecule has 2 unspecified atom stereocenters. The van der Waals surface area contributed by atoms with Gasteiger partial charge in [-0.1, -0.05) is 38.8 Å². The van der Waals surface area contributed by atoms with Gasteiger partial charge in [0.1, 0.15) is 0 Å². The van der Waals surface area contributed by atoms with Crippen molar-refractivity contribution in [1.29, 1.82) is 0 Å². The Kier molecular flexibility index (Phi) is 6.99. The van der Waals surface area contributed by atoms with Crippen molar-refractivity contribution >= 4 is 28.9 Å². The number of nitrogen functional groups attached to an aromatic ring is 1. The van der Waals surface area contributed by atoms with Crippen molar-refractivity contribution in [2.24, 2.45) is 5.92 Å². The molecule has 2 atom stereocenters. The van der Waals surface area contributed by atoms with Gasteiger partial charge in [-0.2, -0.15) is 0 Å². The molecule has 0 fully saturated rings. The van der Waals surface area contributed by atoms with Crippen LogP contribution < -0.4 is 11.1 Å². The Morgan fingerprint density at radius 3 is 2.57 bits per heavy atom. The highest BCUT2D eigenvalue weighted by Crippen LogP contribution is 2.24. The molecule has 4 nitrogen and oxygen atoms in total. The highest BCUT2D eigenvalue weighted by molar-refractivity contribution is 6.34. The van der Waals surface area contributed by atoms with Gasteiger partial charge in [-0.25, -0.2) is 0 Å². The third-order valence-corrected chi connectivity index (χ3v) is 4.14. The third-order valence-electron chi connectivity index (χ3n) is 3.83. The quantitative estimate of drug-likeness (QED) is 0.756. The normalized spacial score (nSPS) is 14.0. The van der Waals surface area contributed by atoms with Crippen molar-refractivity contribution < 1.29 is 4.79 Å². The molecule has 0 saturated heterocycles. The van der Waals surface area contributed by atoms with Crippen LogP contribution in [0.1, 0.15) is 34.1 Å². The van der Waals surface area contributed by atoms with Crippen molar-refractivity contribution in [3.05, 3.63) is 23.2 Å². The molecule has 0 saturated carbocycles. The molecule has 1 rings (SSSR count). The number of amides is 1. The molecule has 1 aromatic carbocycles. The Morgan fingerprint density at radius 2 is 2.05 bits per heavy atom. The second-order valence-electron chi connectivity index (χ2n) is 5.51. The average Bonchev–Trinajstić information content (AvgIpc) is 2.46. The lowest BCUT2D eigenvalue weighted by Crippen LogP contribution is -2.43. The lowest BCUT2D eigenvalue weighted by molar-refractivity contribution is -0.120. The first-order valence-electron chi connectivity index (χ1n) is 7.48. The number of hydrogen-bond donors (Lipinski definition) is 2. The smallest absolute Gasteiger partial charge is 0.241 e. The first kappa shape index (κ1) is 17.8. The minimum atomic E-state index is -0.197. The molecule has 0 aliphatic carbocycles. The first-order valence-corrected chi connectivity index (χ1v) is 7.86. The maximum atomic E-state index is 12.4. The van der Waals surface area contributed by atoms with Crippen LogP contribution in [0.25, 0.3) is 0 Å². The summed E-state index contributed by atoms with van der Waals surface area (Å²) in [6, 6.07) is 4.90. The summed E-state index contributed by atoms with van der Waals surface area (Å²) in [7, 11) is 0. The number of nitrogens with zero attached hydrogens (tertiary/aromatic N) is 1. The van der Waals surface area contributed by atoms with Crippen LogP contribution in [0.5, 0.6) is 0 Å². The topological polar surface area (TPSA) is 58.4 Å². The Labute approximate surface area is 132 Å². The Hall–Kier alpha value is -1.26. The van der Waals surface area contributed by atoms with E-state index < -0.39 is 0 Å². The number of benzene rings is 1. The number of nitrogens with one attached hydrogen (secondary N) is 1. The van der Waals surface area contributed by atoms with Gasteiger partial charge in [0.05, 0.1) is 16.8 Å². The number of hydrogen-bond acceptors (Lipinski definition) is 3. The molecule has 0 radical (unpaired) electrons. The van der Waals surface area contributed by atoms with Gasteiger partial charge < -0.3 is 11.1 Å². The summed E-state index contributed by atoms with van der Waals surface area (Å²) in [5, 5.41) is 3.33. The molecule has 118 valence electrons. The third kappa shape index (κ3) is 5.21. The molecule has 0 aromatic heterocycles. The molecule has 21 heavy (non-hydrogen) atoms. The fourth-order valence-corrected chi connectivity index (χ4v) is 2.36. The predicted molar refractivity (Wildman–Crippen MR) is 90.7 cm³/mol. The minimum absolute atomic E-state index is 0.0492. The van der Waals surface area contributed by atoms with Gasteiger partial charge in [0.25, 0.3) is 0 Å². The number of anilines is 2. The average molecular weight is 312 g/mol. The van der Waals surface area contributed by atoms with Crippen LogP contribution in [-0.4, -0.2) is 29.9 Å². The Balaban J connectivity index is 2.72. The zero-order chi connectivity index (χ0) is 16.0. The largest absolute Gasteiger partial charge is 0.399 e. The summed E-state index contributed by atoms with van der Waals surface area (Å²) in [5.74, 6) is 0.520. The van der Waals surface area contributed by atoms with Crippen molar-refractivity contribution in [1.82, 2.24) is 4.90 Å². The molecule has 3 N–H and O–H groups in total. The van der Waals surface area contributed by atoms with Crippen LogP contribution in [0.2, 0.25) is 5.02 Å². The van der Waals surface area contributed by atoms with E-state index in [9.17, 15) is 4.79 Å². The molecule has 0 aliphatic rings. The standard InChI is InChI=1S/C16H26ClN3O/c1-5-11(3)10-20(6-2)12(4)16(21)19-15-8-7-13(18)9-14(15)17/h7-9,11-12H,5-6,10,18H2,1-4H3,(H,19,21). The van der Waals surface area contributed by atoms with E-state index in [-0.39, 0.29) is 11.9 Å². The first-order chi connectivity index (χ1) is 9.88. The second kappa shape index (κ2) is 8.25. The predicted octanol–water partition coefficient (Wildman–Crippen LogP) is 3.62. The minimum Gasteiger partial charge on any atom is -0.399 e. The molecule has 0 spiro atoms. The van der Waals surface area contributed by atoms with E-state index in [0.29, 0.717) is 22.3 Å². The zero-order valence-electron chi connectivity index (χ0n) is 13.3. The van der Waals surface area contributed by atoms with Crippen LogP contribution >= 0.6 is 11.6 Å². The summed E-state index contributed by atoms with van der Waals surface area (Å²) in [5.41, 5.74) is 6.83. The van der Waals surface area contributed by atoms with Crippen molar-refractivity contribution in [2.75, 3.05) is 24.1 Å². The van der Waals surface area contributed by atoms with Crippen molar-refractivity contribution in [3.63, 3.8) is 0 Å². The zero-order valence-corrected chi connectivity index (χ0v) is 14.1. The molecule has 1 aromatic rings. The molecule has 0 heterocycles. The van der Waals surface area contributed by atoms with Gasteiger partial charge >= 0.3 is 0 Å². The van der Waals surface area contributed by atoms with Gasteiger partial charge in [-0.05, 0) is 37.6 Å². The number of carbonyl (C=O) groups excluding carboxylic acids is 1. The summed E-state index contributed by atoms with van der Waals surface area (Å²) >= 11 is 6.09. The Morgan fingerprint density at radius 1 is 1.38 bits per heavy atom. The number of rotatable bonds is 7. The van der Waals surface area contributed by atoms with Gasteiger partial charge in [-0.15, -0.1) is 0 Å². The molecule has 1 amide bonds. The van der Waals surface area contributed by atoms with E-state index in [1.807, 2.05) is 6.92 Å². The van der Waals surface area contributed by atoms with Crippen LogP contribution in [0, 0.1) is 5.92 Å². The van der Waals surface area contributed by atoms with Crippen molar-refractivity contribution in [3.8, 4) is 0 Å².